The van der Waals surface area contributed by atoms with Gasteiger partial charge in [0.2, 0.25) is 5.88 Å². The third-order valence-electron chi connectivity index (χ3n) is 5.46. The van der Waals surface area contributed by atoms with Crippen LogP contribution >= 0.6 is 23.2 Å². The smallest absolute Gasteiger partial charge is 0.258 e. The van der Waals surface area contributed by atoms with E-state index in [-0.39, 0.29) is 46.6 Å². The summed E-state index contributed by atoms with van der Waals surface area (Å²) in [7, 11) is 0. The first-order valence-electron chi connectivity index (χ1n) is 9.42. The average Bonchev–Trinajstić information content (AvgIpc) is 2.66. The highest BCUT2D eigenvalue weighted by Gasteiger charge is 2.68. The van der Waals surface area contributed by atoms with Crippen LogP contribution in [0.3, 0.4) is 0 Å². The second-order valence-electron chi connectivity index (χ2n) is 8.04. The van der Waals surface area contributed by atoms with E-state index in [0.717, 1.165) is 25.3 Å². The Morgan fingerprint density at radius 2 is 1.87 bits per heavy atom. The van der Waals surface area contributed by atoms with Gasteiger partial charge in [0.25, 0.3) is 5.91 Å². The highest BCUT2D eigenvalue weighted by molar-refractivity contribution is 6.30. The van der Waals surface area contributed by atoms with Crippen LogP contribution in [-0.2, 0) is 9.59 Å². The molecular formula is C21H19Cl2FN2O4. The zero-order valence-corrected chi connectivity index (χ0v) is 17.4. The number of benzene rings is 1. The molecule has 1 amide bonds. The SMILES string of the molecule is O=C(COc1ccc(Cl)cn1)CC12CC(NC(=O)COc3ccc(Cl)c(F)c3)(C1)C2. The van der Waals surface area contributed by atoms with Crippen LogP contribution in [0, 0.1) is 11.2 Å². The summed E-state index contributed by atoms with van der Waals surface area (Å²) < 4.78 is 24.1. The maximum absolute atomic E-state index is 13.4. The molecule has 30 heavy (non-hydrogen) atoms. The van der Waals surface area contributed by atoms with Crippen molar-refractivity contribution in [2.75, 3.05) is 13.2 Å². The molecule has 1 aromatic heterocycles. The average molecular weight is 453 g/mol. The second-order valence-corrected chi connectivity index (χ2v) is 8.89. The van der Waals surface area contributed by atoms with Crippen molar-refractivity contribution in [3.8, 4) is 11.6 Å². The molecule has 1 N–H and O–H groups in total. The molecule has 3 aliphatic carbocycles. The lowest BCUT2D eigenvalue weighted by atomic mass is 9.38. The van der Waals surface area contributed by atoms with Crippen molar-refractivity contribution < 1.29 is 23.5 Å². The van der Waals surface area contributed by atoms with Crippen LogP contribution in [-0.4, -0.2) is 35.4 Å². The van der Waals surface area contributed by atoms with Gasteiger partial charge in [-0.05, 0) is 42.9 Å². The van der Waals surface area contributed by atoms with Gasteiger partial charge in [0.15, 0.2) is 12.4 Å². The summed E-state index contributed by atoms with van der Waals surface area (Å²) in [6.45, 7) is -0.252. The maximum atomic E-state index is 13.4. The quantitative estimate of drug-likeness (QED) is 0.622. The van der Waals surface area contributed by atoms with E-state index in [1.54, 1.807) is 12.1 Å². The Kier molecular flexibility index (Phi) is 5.59. The van der Waals surface area contributed by atoms with Crippen molar-refractivity contribution in [3.05, 3.63) is 52.4 Å². The normalized spacial score (nSPS) is 23.7. The van der Waals surface area contributed by atoms with Crippen LogP contribution in [0.25, 0.3) is 0 Å². The molecule has 0 saturated heterocycles. The largest absolute Gasteiger partial charge is 0.484 e. The molecule has 5 rings (SSSR count). The van der Waals surface area contributed by atoms with Crippen molar-refractivity contribution in [3.63, 3.8) is 0 Å². The van der Waals surface area contributed by atoms with Gasteiger partial charge < -0.3 is 14.8 Å². The van der Waals surface area contributed by atoms with Crippen molar-refractivity contribution in [1.82, 2.24) is 10.3 Å². The lowest BCUT2D eigenvalue weighted by Crippen LogP contribution is -2.75. The summed E-state index contributed by atoms with van der Waals surface area (Å²) in [6, 6.07) is 7.27. The summed E-state index contributed by atoms with van der Waals surface area (Å²) in [6.07, 6.45) is 4.14. The van der Waals surface area contributed by atoms with Crippen LogP contribution in [0.15, 0.2) is 36.5 Å². The van der Waals surface area contributed by atoms with Crippen molar-refractivity contribution >= 4 is 34.9 Å². The maximum Gasteiger partial charge on any atom is 0.258 e. The minimum Gasteiger partial charge on any atom is -0.484 e. The number of ether oxygens (including phenoxy) is 2. The summed E-state index contributed by atoms with van der Waals surface area (Å²) in [4.78, 5) is 28.4. The Bertz CT molecular complexity index is 964. The Morgan fingerprint density at radius 1 is 1.10 bits per heavy atom. The molecule has 2 bridgehead atoms. The molecule has 3 fully saturated rings. The Balaban J connectivity index is 1.17. The Hall–Kier alpha value is -2.38. The minimum absolute atomic E-state index is 0.000486. The molecule has 0 atom stereocenters. The fourth-order valence-electron chi connectivity index (χ4n) is 4.44. The molecule has 0 unspecified atom stereocenters. The lowest BCUT2D eigenvalue weighted by Gasteiger charge is -2.70. The standard InChI is InChI=1S/C21H19Cl2FN2O4/c22-13-1-4-19(25-7-13)30-8-14(27)6-20-10-21(11-20,12-20)26-18(28)9-29-15-2-3-16(23)17(24)5-15/h1-5,7H,6,8-12H2,(H,26,28). The molecule has 0 aliphatic heterocycles. The number of nitrogens with zero attached hydrogens (tertiary/aromatic N) is 1. The first-order valence-corrected chi connectivity index (χ1v) is 10.2. The Labute approximate surface area is 182 Å². The lowest BCUT2D eigenvalue weighted by molar-refractivity contribution is -0.173. The van der Waals surface area contributed by atoms with Gasteiger partial charge in [0.1, 0.15) is 18.2 Å². The highest BCUT2D eigenvalue weighted by atomic mass is 35.5. The van der Waals surface area contributed by atoms with E-state index in [9.17, 15) is 14.0 Å². The predicted octanol–water partition coefficient (Wildman–Crippen LogP) is 3.98. The second kappa shape index (κ2) is 8.04. The zero-order chi connectivity index (χ0) is 21.4. The van der Waals surface area contributed by atoms with E-state index in [1.165, 1.54) is 18.3 Å². The molecule has 2 aromatic rings. The number of ketones is 1. The van der Waals surface area contributed by atoms with Crippen LogP contribution in [0.5, 0.6) is 11.6 Å². The van der Waals surface area contributed by atoms with Crippen molar-refractivity contribution in [1.29, 1.82) is 0 Å². The van der Waals surface area contributed by atoms with Crippen molar-refractivity contribution in [2.45, 2.75) is 31.2 Å². The first-order chi connectivity index (χ1) is 14.3. The first kappa shape index (κ1) is 20.9. The number of pyridine rings is 1. The highest BCUT2D eigenvalue weighted by Crippen LogP contribution is 2.68. The fraction of sp³-hybridized carbons (Fsp3) is 0.381. The van der Waals surface area contributed by atoms with Crippen LogP contribution < -0.4 is 14.8 Å². The van der Waals surface area contributed by atoms with E-state index >= 15 is 0 Å². The number of carbonyl (C=O) groups excluding carboxylic acids is 2. The monoisotopic (exact) mass is 452 g/mol. The number of rotatable bonds is 9. The molecule has 0 spiro atoms. The number of hydrogen-bond donors (Lipinski definition) is 1. The number of hydrogen-bond acceptors (Lipinski definition) is 5. The summed E-state index contributed by atoms with van der Waals surface area (Å²) >= 11 is 11.4. The van der Waals surface area contributed by atoms with Crippen LogP contribution in [0.1, 0.15) is 25.7 Å². The van der Waals surface area contributed by atoms with E-state index in [4.69, 9.17) is 32.7 Å². The number of Topliss-reactive ketones (excluding diaryl/α,β-unsaturated/α-hetero) is 1. The number of aromatic nitrogens is 1. The molecular weight excluding hydrogens is 434 g/mol. The van der Waals surface area contributed by atoms with E-state index in [0.29, 0.717) is 17.3 Å². The number of nitrogens with one attached hydrogen (secondary N) is 1. The van der Waals surface area contributed by atoms with Gasteiger partial charge in [-0.3, -0.25) is 9.59 Å². The molecule has 9 heteroatoms. The molecule has 1 heterocycles. The molecule has 6 nitrogen and oxygen atoms in total. The van der Waals surface area contributed by atoms with Gasteiger partial charge in [0, 0.05) is 30.3 Å². The van der Waals surface area contributed by atoms with Gasteiger partial charge in [-0.1, -0.05) is 23.2 Å². The number of halogens is 3. The molecule has 0 radical (unpaired) electrons. The third-order valence-corrected chi connectivity index (χ3v) is 5.99. The predicted molar refractivity (Wildman–Crippen MR) is 108 cm³/mol. The van der Waals surface area contributed by atoms with Gasteiger partial charge in [-0.25, -0.2) is 9.37 Å². The number of amides is 1. The third kappa shape index (κ3) is 4.52. The topological polar surface area (TPSA) is 77.5 Å². The van der Waals surface area contributed by atoms with E-state index in [2.05, 4.69) is 10.3 Å². The minimum atomic E-state index is -0.601. The van der Waals surface area contributed by atoms with Gasteiger partial charge >= 0.3 is 0 Å². The van der Waals surface area contributed by atoms with Crippen LogP contribution in [0.4, 0.5) is 4.39 Å². The van der Waals surface area contributed by atoms with E-state index < -0.39 is 5.82 Å². The zero-order valence-electron chi connectivity index (χ0n) is 15.9. The van der Waals surface area contributed by atoms with Gasteiger partial charge in [-0.15, -0.1) is 0 Å². The summed E-state index contributed by atoms with van der Waals surface area (Å²) in [5, 5.41) is 3.46. The van der Waals surface area contributed by atoms with Gasteiger partial charge in [0.05, 0.1) is 10.0 Å². The summed E-state index contributed by atoms with van der Waals surface area (Å²) in [5.41, 5.74) is -0.314. The Morgan fingerprint density at radius 3 is 2.53 bits per heavy atom. The molecule has 3 saturated carbocycles. The van der Waals surface area contributed by atoms with Gasteiger partial charge in [-0.2, -0.15) is 0 Å². The van der Waals surface area contributed by atoms with Crippen molar-refractivity contribution in [2.24, 2.45) is 5.41 Å². The fourth-order valence-corrected chi connectivity index (χ4v) is 4.67. The molecule has 1 aromatic carbocycles. The number of carbonyl (C=O) groups is 2. The molecule has 3 aliphatic rings. The van der Waals surface area contributed by atoms with Crippen LogP contribution in [0.2, 0.25) is 10.0 Å². The molecule has 158 valence electrons. The van der Waals surface area contributed by atoms with E-state index in [1.807, 2.05) is 0 Å². The summed E-state index contributed by atoms with van der Waals surface area (Å²) in [5.74, 6) is -0.283.